The molecule has 7 rings (SSSR count). The summed E-state index contributed by atoms with van der Waals surface area (Å²) in [5.41, 5.74) is 3.37. The van der Waals surface area contributed by atoms with Crippen LogP contribution in [0.1, 0.15) is 82.4 Å². The summed E-state index contributed by atoms with van der Waals surface area (Å²) in [6.07, 6.45) is 1.83. The molecule has 0 bridgehead atoms. The molecule has 3 aromatic heterocycles. The third kappa shape index (κ3) is 7.67. The second-order valence-electron chi connectivity index (χ2n) is 14.2. The van der Waals surface area contributed by atoms with Crippen LogP contribution in [0.4, 0.5) is 17.3 Å². The van der Waals surface area contributed by atoms with Gasteiger partial charge in [0.25, 0.3) is 17.7 Å². The van der Waals surface area contributed by atoms with Crippen molar-refractivity contribution < 1.29 is 28.8 Å². The van der Waals surface area contributed by atoms with Crippen LogP contribution >= 0.6 is 0 Å². The second-order valence-corrected chi connectivity index (χ2v) is 14.2. The van der Waals surface area contributed by atoms with Gasteiger partial charge in [0.05, 0.1) is 28.9 Å². The van der Waals surface area contributed by atoms with Gasteiger partial charge in [0.1, 0.15) is 29.7 Å². The summed E-state index contributed by atoms with van der Waals surface area (Å²) in [4.78, 5) is 91.5. The van der Waals surface area contributed by atoms with Gasteiger partial charge in [0, 0.05) is 69.9 Å². The van der Waals surface area contributed by atoms with Crippen LogP contribution < -0.4 is 31.1 Å². The highest BCUT2D eigenvalue weighted by molar-refractivity contribution is 6.25. The van der Waals surface area contributed by atoms with Gasteiger partial charge in [-0.05, 0) is 57.5 Å². The molecule has 3 aliphatic rings. The zero-order chi connectivity index (χ0) is 40.4. The van der Waals surface area contributed by atoms with Gasteiger partial charge in [-0.1, -0.05) is 12.1 Å². The van der Waals surface area contributed by atoms with Gasteiger partial charge in [-0.2, -0.15) is 0 Å². The number of anilines is 3. The number of nitrogens with one attached hydrogen (secondary N) is 4. The van der Waals surface area contributed by atoms with Crippen LogP contribution in [0.2, 0.25) is 0 Å². The standard InChI is InChI=1S/C39H44N12O6/c1-5-49-21-43-47-35(49)27-10-7-11-30(44-27)50-20-25-24(37(50)55)18-31(48(4)22(2)3)45-28(25)19-40-16-17-42-32(52)14-15-41-26-9-6-8-23-34(26)39(57)51(38(23)56)29-12-13-33(53)46-36(29)54/h6-11,18,21-22,29,40-41H,5,12-17,19-20H2,1-4H3,(H,42,52)(H,46,53,54). The molecule has 0 spiro atoms. The molecule has 296 valence electrons. The third-order valence-electron chi connectivity index (χ3n) is 10.4. The van der Waals surface area contributed by atoms with E-state index in [4.69, 9.17) is 9.97 Å². The van der Waals surface area contributed by atoms with Crippen molar-refractivity contribution in [3.63, 3.8) is 0 Å². The van der Waals surface area contributed by atoms with Crippen LogP contribution in [0.3, 0.4) is 0 Å². The van der Waals surface area contributed by atoms with Crippen molar-refractivity contribution in [3.8, 4) is 11.5 Å². The number of pyridine rings is 2. The Hall–Kier alpha value is -6.56. The zero-order valence-electron chi connectivity index (χ0n) is 32.2. The number of carbonyl (C=O) groups is 6. The zero-order valence-corrected chi connectivity index (χ0v) is 32.2. The molecular weight excluding hydrogens is 733 g/mol. The smallest absolute Gasteiger partial charge is 0.264 e. The Morgan fingerprint density at radius 1 is 0.982 bits per heavy atom. The van der Waals surface area contributed by atoms with Crippen molar-refractivity contribution in [2.24, 2.45) is 0 Å². The molecule has 57 heavy (non-hydrogen) atoms. The van der Waals surface area contributed by atoms with E-state index in [-0.39, 0.29) is 54.8 Å². The van der Waals surface area contributed by atoms with E-state index in [0.717, 1.165) is 16.2 Å². The van der Waals surface area contributed by atoms with Gasteiger partial charge in [-0.15, -0.1) is 10.2 Å². The number of aromatic nitrogens is 5. The quantitative estimate of drug-likeness (QED) is 0.100. The normalized spacial score (nSPS) is 16.3. The maximum absolute atomic E-state index is 13.9. The summed E-state index contributed by atoms with van der Waals surface area (Å²) < 4.78 is 1.89. The molecule has 1 unspecified atom stereocenters. The molecule has 1 saturated heterocycles. The van der Waals surface area contributed by atoms with Crippen LogP contribution in [0.15, 0.2) is 48.8 Å². The summed E-state index contributed by atoms with van der Waals surface area (Å²) in [7, 11) is 1.94. The predicted octanol–water partition coefficient (Wildman–Crippen LogP) is 1.87. The maximum atomic E-state index is 13.9. The van der Waals surface area contributed by atoms with Crippen LogP contribution in [0.5, 0.6) is 0 Å². The lowest BCUT2D eigenvalue weighted by Crippen LogP contribution is -2.54. The average molecular weight is 777 g/mol. The number of piperidine rings is 1. The van der Waals surface area contributed by atoms with Crippen molar-refractivity contribution in [1.29, 1.82) is 0 Å². The highest BCUT2D eigenvalue weighted by atomic mass is 16.2. The summed E-state index contributed by atoms with van der Waals surface area (Å²) in [6.45, 7) is 8.36. The van der Waals surface area contributed by atoms with E-state index in [1.54, 1.807) is 29.4 Å². The molecule has 1 fully saturated rings. The molecular formula is C39H44N12O6. The van der Waals surface area contributed by atoms with Crippen molar-refractivity contribution >= 4 is 52.8 Å². The average Bonchev–Trinajstić information content (AvgIpc) is 3.89. The number of rotatable bonds is 15. The first-order valence-electron chi connectivity index (χ1n) is 18.9. The molecule has 4 N–H and O–H groups in total. The van der Waals surface area contributed by atoms with Gasteiger partial charge in [-0.25, -0.2) is 9.97 Å². The van der Waals surface area contributed by atoms with E-state index in [0.29, 0.717) is 67.1 Å². The number of hydrogen-bond donors (Lipinski definition) is 4. The van der Waals surface area contributed by atoms with E-state index in [2.05, 4.69) is 31.5 Å². The Morgan fingerprint density at radius 3 is 2.56 bits per heavy atom. The molecule has 4 aromatic rings. The summed E-state index contributed by atoms with van der Waals surface area (Å²) >= 11 is 0. The Labute approximate surface area is 328 Å². The first-order valence-corrected chi connectivity index (χ1v) is 18.9. The SMILES string of the molecule is CCn1cnnc1-c1cccc(N2Cc3c(cc(N(C)C(C)C)nc3CNCCNC(=O)CCNc3cccc4c3C(=O)N(C3CCC(=O)NC3=O)C4=O)C2=O)n1. The van der Waals surface area contributed by atoms with Gasteiger partial charge < -0.3 is 25.4 Å². The van der Waals surface area contributed by atoms with E-state index >= 15 is 0 Å². The van der Waals surface area contributed by atoms with Crippen LogP contribution in [0.25, 0.3) is 11.5 Å². The van der Waals surface area contributed by atoms with Crippen molar-refractivity contribution in [3.05, 3.63) is 76.7 Å². The van der Waals surface area contributed by atoms with Gasteiger partial charge in [-0.3, -0.25) is 43.9 Å². The van der Waals surface area contributed by atoms with Crippen molar-refractivity contribution in [2.75, 3.05) is 41.8 Å². The maximum Gasteiger partial charge on any atom is 0.264 e. The monoisotopic (exact) mass is 776 g/mol. The molecule has 1 atom stereocenters. The van der Waals surface area contributed by atoms with Gasteiger partial charge >= 0.3 is 0 Å². The highest BCUT2D eigenvalue weighted by Crippen LogP contribution is 2.34. The van der Waals surface area contributed by atoms with Crippen LogP contribution in [-0.4, -0.2) is 104 Å². The number of imide groups is 2. The van der Waals surface area contributed by atoms with E-state index in [1.807, 2.05) is 55.5 Å². The summed E-state index contributed by atoms with van der Waals surface area (Å²) in [5, 5.41) is 19.7. The first kappa shape index (κ1) is 38.7. The summed E-state index contributed by atoms with van der Waals surface area (Å²) in [5.74, 6) is -0.947. The topological polar surface area (TPSA) is 217 Å². The second kappa shape index (κ2) is 16.3. The van der Waals surface area contributed by atoms with Crippen LogP contribution in [-0.2, 0) is 34.0 Å². The predicted molar refractivity (Wildman–Crippen MR) is 208 cm³/mol. The van der Waals surface area contributed by atoms with Crippen LogP contribution in [0, 0.1) is 0 Å². The number of benzene rings is 1. The number of hydrogen-bond acceptors (Lipinski definition) is 13. The molecule has 18 nitrogen and oxygen atoms in total. The lowest BCUT2D eigenvalue weighted by molar-refractivity contribution is -0.136. The third-order valence-corrected chi connectivity index (χ3v) is 10.4. The molecule has 18 heteroatoms. The van der Waals surface area contributed by atoms with Crippen molar-refractivity contribution in [1.82, 2.24) is 45.6 Å². The number of aryl methyl sites for hydroxylation is 1. The molecule has 0 aliphatic carbocycles. The molecule has 6 heterocycles. The lowest BCUT2D eigenvalue weighted by atomic mass is 10.0. The van der Waals surface area contributed by atoms with Crippen molar-refractivity contribution in [2.45, 2.75) is 71.8 Å². The minimum Gasteiger partial charge on any atom is -0.384 e. The molecule has 1 aromatic carbocycles. The Kier molecular flexibility index (Phi) is 11.0. The number of carbonyl (C=O) groups excluding carboxylic acids is 6. The number of fused-ring (bicyclic) bond motifs is 2. The van der Waals surface area contributed by atoms with E-state index in [9.17, 15) is 28.8 Å². The Bertz CT molecular complexity index is 2270. The fourth-order valence-electron chi connectivity index (χ4n) is 7.07. The highest BCUT2D eigenvalue weighted by Gasteiger charge is 2.45. The molecule has 3 aliphatic heterocycles. The first-order chi connectivity index (χ1) is 27.5. The molecule has 6 amide bonds. The Morgan fingerprint density at radius 2 is 1.79 bits per heavy atom. The number of nitrogens with zero attached hydrogens (tertiary/aromatic N) is 8. The van der Waals surface area contributed by atoms with Gasteiger partial charge in [0.2, 0.25) is 17.7 Å². The van der Waals surface area contributed by atoms with Gasteiger partial charge in [0.15, 0.2) is 5.82 Å². The Balaban J connectivity index is 0.940. The van der Waals surface area contributed by atoms with E-state index < -0.39 is 29.7 Å². The molecule has 0 radical (unpaired) electrons. The lowest BCUT2D eigenvalue weighted by Gasteiger charge is -2.27. The fourth-order valence-corrected chi connectivity index (χ4v) is 7.07. The summed E-state index contributed by atoms with van der Waals surface area (Å²) in [6, 6.07) is 11.2. The largest absolute Gasteiger partial charge is 0.384 e. The molecule has 0 saturated carbocycles. The van der Waals surface area contributed by atoms with E-state index in [1.165, 1.54) is 6.07 Å². The fraction of sp³-hybridized carbons (Fsp3) is 0.385. The number of amides is 6. The minimum atomic E-state index is -1.07. The minimum absolute atomic E-state index is 0.0291.